The van der Waals surface area contributed by atoms with Crippen molar-refractivity contribution in [2.45, 2.75) is 50.9 Å². The van der Waals surface area contributed by atoms with Gasteiger partial charge in [0.05, 0.1) is 12.0 Å². The Morgan fingerprint density at radius 2 is 2.29 bits per heavy atom. The molecule has 2 heterocycles. The van der Waals surface area contributed by atoms with Gasteiger partial charge in [-0.05, 0) is 25.2 Å². The number of fused-ring (bicyclic) bond motifs is 1. The Hall–Kier alpha value is -0.570. The molecule has 3 aliphatic rings. The van der Waals surface area contributed by atoms with E-state index in [2.05, 4.69) is 0 Å². The predicted molar refractivity (Wildman–Crippen MR) is 49.4 cm³/mol. The van der Waals surface area contributed by atoms with E-state index in [0.717, 1.165) is 19.3 Å². The molecule has 78 valence electrons. The van der Waals surface area contributed by atoms with Gasteiger partial charge in [-0.1, -0.05) is 6.42 Å². The molecule has 2 bridgehead atoms. The van der Waals surface area contributed by atoms with Crippen molar-refractivity contribution in [1.29, 1.82) is 0 Å². The van der Waals surface area contributed by atoms with Crippen LogP contribution in [0.3, 0.4) is 0 Å². The zero-order valence-corrected chi connectivity index (χ0v) is 8.49. The fourth-order valence-corrected chi connectivity index (χ4v) is 2.98. The summed E-state index contributed by atoms with van der Waals surface area (Å²) < 4.78 is 11.3. The van der Waals surface area contributed by atoms with Gasteiger partial charge < -0.3 is 9.47 Å². The SMILES string of the molecule is C[C@@]12CCCC[C@H]3C[C@@H](C(=O)O1)[C@H]3O2. The number of hydrogen-bond donors (Lipinski definition) is 0. The number of hydrogen-bond acceptors (Lipinski definition) is 3. The van der Waals surface area contributed by atoms with E-state index in [0.29, 0.717) is 5.92 Å². The molecular weight excluding hydrogens is 180 g/mol. The van der Waals surface area contributed by atoms with Crippen molar-refractivity contribution in [2.75, 3.05) is 0 Å². The van der Waals surface area contributed by atoms with Crippen LogP contribution in [0.15, 0.2) is 0 Å². The summed E-state index contributed by atoms with van der Waals surface area (Å²) in [5, 5.41) is 0. The summed E-state index contributed by atoms with van der Waals surface area (Å²) in [6.07, 6.45) is 5.60. The van der Waals surface area contributed by atoms with Gasteiger partial charge in [0.2, 0.25) is 5.79 Å². The van der Waals surface area contributed by atoms with Gasteiger partial charge in [0.1, 0.15) is 0 Å². The normalized spacial score (nSPS) is 51.2. The number of esters is 1. The molecule has 3 nitrogen and oxygen atoms in total. The first-order valence-electron chi connectivity index (χ1n) is 5.59. The quantitative estimate of drug-likeness (QED) is 0.555. The zero-order valence-electron chi connectivity index (χ0n) is 8.49. The number of rotatable bonds is 0. The van der Waals surface area contributed by atoms with Gasteiger partial charge >= 0.3 is 5.97 Å². The van der Waals surface area contributed by atoms with Gasteiger partial charge in [-0.15, -0.1) is 0 Å². The second kappa shape index (κ2) is 2.72. The molecule has 3 rings (SSSR count). The largest absolute Gasteiger partial charge is 0.433 e. The average molecular weight is 196 g/mol. The minimum absolute atomic E-state index is 0.0260. The summed E-state index contributed by atoms with van der Waals surface area (Å²) >= 11 is 0. The van der Waals surface area contributed by atoms with Crippen LogP contribution in [0.4, 0.5) is 0 Å². The number of carbonyl (C=O) groups is 1. The topological polar surface area (TPSA) is 35.5 Å². The minimum Gasteiger partial charge on any atom is -0.433 e. The third-order valence-corrected chi connectivity index (χ3v) is 3.88. The molecule has 0 aromatic rings. The molecule has 0 radical (unpaired) electrons. The molecule has 0 aromatic heterocycles. The molecule has 0 unspecified atom stereocenters. The van der Waals surface area contributed by atoms with E-state index in [1.807, 2.05) is 6.92 Å². The van der Waals surface area contributed by atoms with Crippen LogP contribution < -0.4 is 0 Å². The lowest BCUT2D eigenvalue weighted by Crippen LogP contribution is -2.59. The second-order valence-corrected chi connectivity index (χ2v) is 4.99. The maximum Gasteiger partial charge on any atom is 0.314 e. The maximum absolute atomic E-state index is 11.6. The van der Waals surface area contributed by atoms with E-state index in [-0.39, 0.29) is 18.0 Å². The van der Waals surface area contributed by atoms with Crippen molar-refractivity contribution in [3.8, 4) is 0 Å². The van der Waals surface area contributed by atoms with E-state index in [9.17, 15) is 4.79 Å². The van der Waals surface area contributed by atoms with E-state index < -0.39 is 5.79 Å². The van der Waals surface area contributed by atoms with Crippen LogP contribution in [-0.2, 0) is 14.3 Å². The highest BCUT2D eigenvalue weighted by atomic mass is 16.7. The van der Waals surface area contributed by atoms with Gasteiger partial charge in [0.15, 0.2) is 0 Å². The first-order valence-corrected chi connectivity index (χ1v) is 5.59. The highest BCUT2D eigenvalue weighted by Crippen LogP contribution is 2.48. The van der Waals surface area contributed by atoms with Gasteiger partial charge in [0.25, 0.3) is 0 Å². The van der Waals surface area contributed by atoms with Crippen molar-refractivity contribution >= 4 is 5.97 Å². The fourth-order valence-electron chi connectivity index (χ4n) is 2.98. The molecule has 1 saturated carbocycles. The standard InChI is InChI=1S/C11H16O3/c1-11-5-3-2-4-7-6-8(9(7)13-11)10(12)14-11/h7-9H,2-6H2,1H3/t7-,8+,9-,11-/m0/s1. The van der Waals surface area contributed by atoms with Crippen molar-refractivity contribution in [1.82, 2.24) is 0 Å². The summed E-state index contributed by atoms with van der Waals surface area (Å²) in [6, 6.07) is 0. The Labute approximate surface area is 83.8 Å². The molecule has 2 saturated heterocycles. The van der Waals surface area contributed by atoms with Crippen LogP contribution in [-0.4, -0.2) is 17.9 Å². The molecule has 3 heteroatoms. The van der Waals surface area contributed by atoms with Crippen LogP contribution in [0.1, 0.15) is 39.0 Å². The lowest BCUT2D eigenvalue weighted by atomic mass is 9.68. The molecule has 0 amide bonds. The van der Waals surface area contributed by atoms with Crippen LogP contribution >= 0.6 is 0 Å². The zero-order chi connectivity index (χ0) is 9.76. The Morgan fingerprint density at radius 1 is 1.43 bits per heavy atom. The van der Waals surface area contributed by atoms with Crippen LogP contribution in [0.2, 0.25) is 0 Å². The van der Waals surface area contributed by atoms with Crippen molar-refractivity contribution in [3.05, 3.63) is 0 Å². The Balaban J connectivity index is 1.87. The summed E-state index contributed by atoms with van der Waals surface area (Å²) in [4.78, 5) is 11.6. The molecular formula is C11H16O3. The van der Waals surface area contributed by atoms with E-state index in [1.54, 1.807) is 0 Å². The number of carbonyl (C=O) groups excluding carboxylic acids is 1. The third-order valence-electron chi connectivity index (χ3n) is 3.88. The van der Waals surface area contributed by atoms with E-state index >= 15 is 0 Å². The summed E-state index contributed by atoms with van der Waals surface area (Å²) in [7, 11) is 0. The van der Waals surface area contributed by atoms with Crippen molar-refractivity contribution < 1.29 is 14.3 Å². The molecule has 2 aliphatic heterocycles. The van der Waals surface area contributed by atoms with Gasteiger partial charge in [0, 0.05) is 13.3 Å². The first kappa shape index (κ1) is 8.72. The number of ether oxygens (including phenoxy) is 2. The Kier molecular flexibility index (Phi) is 1.69. The summed E-state index contributed by atoms with van der Waals surface area (Å²) in [5.74, 6) is 0.0256. The third kappa shape index (κ3) is 1.11. The molecule has 0 N–H and O–H groups in total. The smallest absolute Gasteiger partial charge is 0.314 e. The molecule has 0 spiro atoms. The first-order chi connectivity index (χ1) is 6.68. The summed E-state index contributed by atoms with van der Waals surface area (Å²) in [5.41, 5.74) is 0. The van der Waals surface area contributed by atoms with Crippen LogP contribution in [0.5, 0.6) is 0 Å². The average Bonchev–Trinajstić information content (AvgIpc) is 2.10. The monoisotopic (exact) mass is 196 g/mol. The highest BCUT2D eigenvalue weighted by molar-refractivity contribution is 5.75. The highest BCUT2D eigenvalue weighted by Gasteiger charge is 2.55. The second-order valence-electron chi connectivity index (χ2n) is 4.99. The lowest BCUT2D eigenvalue weighted by Gasteiger charge is -2.52. The Morgan fingerprint density at radius 3 is 3.14 bits per heavy atom. The summed E-state index contributed by atoms with van der Waals surface area (Å²) in [6.45, 7) is 1.90. The van der Waals surface area contributed by atoms with E-state index in [4.69, 9.17) is 9.47 Å². The van der Waals surface area contributed by atoms with Crippen molar-refractivity contribution in [2.24, 2.45) is 11.8 Å². The van der Waals surface area contributed by atoms with E-state index in [1.165, 1.54) is 12.8 Å². The molecule has 4 atom stereocenters. The van der Waals surface area contributed by atoms with Gasteiger partial charge in [-0.3, -0.25) is 4.79 Å². The molecule has 0 aromatic carbocycles. The van der Waals surface area contributed by atoms with Crippen LogP contribution in [0, 0.1) is 11.8 Å². The predicted octanol–water partition coefficient (Wildman–Crippen LogP) is 1.85. The van der Waals surface area contributed by atoms with Gasteiger partial charge in [-0.25, -0.2) is 0 Å². The molecule has 3 fully saturated rings. The molecule has 14 heavy (non-hydrogen) atoms. The lowest BCUT2D eigenvalue weighted by molar-refractivity contribution is -0.316. The maximum atomic E-state index is 11.6. The van der Waals surface area contributed by atoms with Gasteiger partial charge in [-0.2, -0.15) is 0 Å². The van der Waals surface area contributed by atoms with Crippen molar-refractivity contribution in [3.63, 3.8) is 0 Å². The Bertz CT molecular complexity index is 276. The molecule has 1 aliphatic carbocycles. The van der Waals surface area contributed by atoms with Crippen LogP contribution in [0.25, 0.3) is 0 Å². The minimum atomic E-state index is -0.614. The fraction of sp³-hybridized carbons (Fsp3) is 0.909.